The molecule has 2 saturated carbocycles. The number of nitrogens with one attached hydrogen (secondary N) is 3. The van der Waals surface area contributed by atoms with Crippen LogP contribution in [0.3, 0.4) is 0 Å². The fourth-order valence-electron chi connectivity index (χ4n) is 4.80. The first-order valence-electron chi connectivity index (χ1n) is 13.5. The van der Waals surface area contributed by atoms with E-state index in [0.717, 1.165) is 30.6 Å². The Kier molecular flexibility index (Phi) is 6.90. The van der Waals surface area contributed by atoms with E-state index in [9.17, 15) is 18.4 Å². The number of alkyl halides is 2. The Morgan fingerprint density at radius 3 is 2.73 bits per heavy atom. The maximum atomic E-state index is 14.3. The second-order valence-electron chi connectivity index (χ2n) is 10.8. The highest BCUT2D eigenvalue weighted by Gasteiger charge is 2.43. The van der Waals surface area contributed by atoms with Gasteiger partial charge in [0.25, 0.3) is 11.8 Å². The number of halogens is 2. The zero-order chi connectivity index (χ0) is 28.0. The molecule has 1 aromatic carbocycles. The SMILES string of the molecule is Cc1nonc1C(=O)N[C@H](c1nc2cc([C@@H](COC3CC3)N3CC(F)(F)CNC3=O)ccc2[nH]1)[C@@H](C)OC1CC1. The molecular weight excluding hydrogens is 528 g/mol. The summed E-state index contributed by atoms with van der Waals surface area (Å²) in [6, 6.07) is 3.36. The standard InChI is InChI=1S/C26H31F2N7O5/c1-13-21(34-40-33-13)24(36)32-22(14(2)39-17-6-7-17)23-30-18-8-3-15(9-19(18)31-23)20(10-38-16-4-5-16)35-12-26(27,28)11-29-25(35)37/h3,8-9,14,16-17,20,22H,4-7,10-12H2,1-2H3,(H,29,37)(H,30,31)(H,32,36)/t14-,20-,22+/m1/s1. The van der Waals surface area contributed by atoms with E-state index >= 15 is 0 Å². The van der Waals surface area contributed by atoms with E-state index in [0.29, 0.717) is 28.1 Å². The number of aryl methyl sites for hydroxylation is 1. The normalized spacial score (nSPS) is 21.2. The van der Waals surface area contributed by atoms with E-state index in [4.69, 9.17) is 14.5 Å². The summed E-state index contributed by atoms with van der Waals surface area (Å²) in [5.41, 5.74) is 2.26. The van der Waals surface area contributed by atoms with Crippen molar-refractivity contribution in [1.82, 2.24) is 35.8 Å². The average Bonchev–Trinajstić information content (AvgIpc) is 3.83. The molecule has 0 unspecified atom stereocenters. The zero-order valence-corrected chi connectivity index (χ0v) is 22.2. The van der Waals surface area contributed by atoms with Crippen molar-refractivity contribution in [3.05, 3.63) is 41.0 Å². The Bertz CT molecular complexity index is 1400. The van der Waals surface area contributed by atoms with Crippen LogP contribution in [-0.4, -0.2) is 81.1 Å². The summed E-state index contributed by atoms with van der Waals surface area (Å²) in [4.78, 5) is 34.7. The van der Waals surface area contributed by atoms with Crippen molar-refractivity contribution in [3.63, 3.8) is 0 Å². The van der Waals surface area contributed by atoms with Crippen LogP contribution in [-0.2, 0) is 9.47 Å². The highest BCUT2D eigenvalue weighted by molar-refractivity contribution is 5.93. The van der Waals surface area contributed by atoms with E-state index in [-0.39, 0.29) is 24.5 Å². The minimum Gasteiger partial charge on any atom is -0.376 e. The van der Waals surface area contributed by atoms with Gasteiger partial charge in [-0.1, -0.05) is 11.2 Å². The third kappa shape index (κ3) is 5.77. The second-order valence-corrected chi connectivity index (χ2v) is 10.8. The minimum atomic E-state index is -3.06. The topological polar surface area (TPSA) is 147 Å². The number of imidazole rings is 1. The predicted molar refractivity (Wildman–Crippen MR) is 136 cm³/mol. The van der Waals surface area contributed by atoms with Crippen LogP contribution in [0.5, 0.6) is 0 Å². The summed E-state index contributed by atoms with van der Waals surface area (Å²) in [7, 11) is 0. The Hall–Kier alpha value is -3.65. The van der Waals surface area contributed by atoms with Gasteiger partial charge in [-0.25, -0.2) is 23.2 Å². The number of aromatic nitrogens is 4. The van der Waals surface area contributed by atoms with Crippen LogP contribution in [0.2, 0.25) is 0 Å². The van der Waals surface area contributed by atoms with Gasteiger partial charge in [-0.05, 0) is 62.4 Å². The third-order valence-corrected chi connectivity index (χ3v) is 7.31. The fourth-order valence-corrected chi connectivity index (χ4v) is 4.80. The summed E-state index contributed by atoms with van der Waals surface area (Å²) >= 11 is 0. The molecule has 14 heteroatoms. The van der Waals surface area contributed by atoms with Crippen molar-refractivity contribution in [2.24, 2.45) is 0 Å². The molecule has 6 rings (SSSR count). The number of hydrogen-bond donors (Lipinski definition) is 3. The molecule has 3 atom stereocenters. The number of fused-ring (bicyclic) bond motifs is 1. The van der Waals surface area contributed by atoms with E-state index in [1.54, 1.807) is 25.1 Å². The smallest absolute Gasteiger partial charge is 0.318 e. The molecule has 1 saturated heterocycles. The summed E-state index contributed by atoms with van der Waals surface area (Å²) in [5.74, 6) is -3.09. The minimum absolute atomic E-state index is 0.0668. The van der Waals surface area contributed by atoms with Crippen LogP contribution in [0.1, 0.15) is 72.3 Å². The third-order valence-electron chi connectivity index (χ3n) is 7.31. The number of aromatic amines is 1. The number of ether oxygens (including phenoxy) is 2. The first-order chi connectivity index (χ1) is 19.2. The molecule has 0 radical (unpaired) electrons. The van der Waals surface area contributed by atoms with Gasteiger partial charge < -0.3 is 30.0 Å². The van der Waals surface area contributed by atoms with Crippen molar-refractivity contribution in [2.75, 3.05) is 19.7 Å². The predicted octanol–water partition coefficient (Wildman–Crippen LogP) is 3.17. The Balaban J connectivity index is 1.30. The number of urea groups is 1. The molecule has 12 nitrogen and oxygen atoms in total. The molecule has 1 aliphatic heterocycles. The highest BCUT2D eigenvalue weighted by Crippen LogP contribution is 2.33. The molecule has 40 heavy (non-hydrogen) atoms. The van der Waals surface area contributed by atoms with Crippen molar-refractivity contribution in [2.45, 2.75) is 75.8 Å². The average molecular weight is 560 g/mol. The molecule has 214 valence electrons. The van der Waals surface area contributed by atoms with Crippen LogP contribution < -0.4 is 10.6 Å². The summed E-state index contributed by atoms with van der Waals surface area (Å²) in [6.07, 6.45) is 3.52. The lowest BCUT2D eigenvalue weighted by Gasteiger charge is -2.38. The molecule has 3 heterocycles. The number of carbonyl (C=O) groups is 2. The molecule has 3 fully saturated rings. The van der Waals surface area contributed by atoms with E-state index in [1.807, 2.05) is 6.92 Å². The van der Waals surface area contributed by atoms with Gasteiger partial charge >= 0.3 is 6.03 Å². The van der Waals surface area contributed by atoms with Gasteiger partial charge in [-0.15, -0.1) is 0 Å². The van der Waals surface area contributed by atoms with Crippen molar-refractivity contribution in [1.29, 1.82) is 0 Å². The summed E-state index contributed by atoms with van der Waals surface area (Å²) in [5, 5.41) is 12.6. The second kappa shape index (κ2) is 10.4. The molecule has 0 bridgehead atoms. The lowest BCUT2D eigenvalue weighted by Crippen LogP contribution is -2.58. The van der Waals surface area contributed by atoms with Crippen LogP contribution in [0.25, 0.3) is 11.0 Å². The number of rotatable bonds is 11. The molecule has 2 aromatic heterocycles. The zero-order valence-electron chi connectivity index (χ0n) is 22.2. The monoisotopic (exact) mass is 559 g/mol. The molecule has 3 aromatic rings. The largest absolute Gasteiger partial charge is 0.376 e. The maximum Gasteiger partial charge on any atom is 0.318 e. The molecule has 3 N–H and O–H groups in total. The Morgan fingerprint density at radius 1 is 1.25 bits per heavy atom. The first kappa shape index (κ1) is 26.6. The molecule has 0 spiro atoms. The van der Waals surface area contributed by atoms with Gasteiger partial charge in [0.2, 0.25) is 0 Å². The maximum absolute atomic E-state index is 14.3. The lowest BCUT2D eigenvalue weighted by molar-refractivity contribution is -0.0541. The Morgan fingerprint density at radius 2 is 2.02 bits per heavy atom. The van der Waals surface area contributed by atoms with Crippen molar-refractivity contribution in [3.8, 4) is 0 Å². The number of carbonyl (C=O) groups excluding carboxylic acids is 2. The summed E-state index contributed by atoms with van der Waals surface area (Å²) < 4.78 is 45.2. The first-order valence-corrected chi connectivity index (χ1v) is 13.5. The van der Waals surface area contributed by atoms with Gasteiger partial charge in [-0.2, -0.15) is 0 Å². The van der Waals surface area contributed by atoms with Crippen molar-refractivity contribution < 1.29 is 32.5 Å². The van der Waals surface area contributed by atoms with Gasteiger partial charge in [-0.3, -0.25) is 4.79 Å². The number of benzene rings is 1. The van der Waals surface area contributed by atoms with Gasteiger partial charge in [0.15, 0.2) is 5.69 Å². The highest BCUT2D eigenvalue weighted by atomic mass is 19.3. The molecule has 3 aliphatic rings. The van der Waals surface area contributed by atoms with Gasteiger partial charge in [0.05, 0.1) is 55.1 Å². The van der Waals surface area contributed by atoms with Gasteiger partial charge in [0.1, 0.15) is 17.6 Å². The van der Waals surface area contributed by atoms with E-state index < -0.39 is 49.1 Å². The molecular formula is C26H31F2N7O5. The van der Waals surface area contributed by atoms with Crippen molar-refractivity contribution >= 4 is 23.0 Å². The van der Waals surface area contributed by atoms with Gasteiger partial charge in [0, 0.05) is 0 Å². The summed E-state index contributed by atoms with van der Waals surface area (Å²) in [6.45, 7) is 2.17. The lowest BCUT2D eigenvalue weighted by atomic mass is 10.0. The fraction of sp³-hybridized carbons (Fsp3) is 0.577. The molecule has 3 amide bonds. The van der Waals surface area contributed by atoms with E-state index in [1.165, 1.54) is 0 Å². The quantitative estimate of drug-likeness (QED) is 0.325. The number of nitrogens with zero attached hydrogens (tertiary/aromatic N) is 4. The number of amides is 3. The van der Waals surface area contributed by atoms with Crippen LogP contribution >= 0.6 is 0 Å². The number of hydrogen-bond acceptors (Lipinski definition) is 8. The van der Waals surface area contributed by atoms with Crippen LogP contribution in [0.4, 0.5) is 13.6 Å². The Labute approximate surface area is 228 Å². The molecule has 2 aliphatic carbocycles. The van der Waals surface area contributed by atoms with Crippen LogP contribution in [0.15, 0.2) is 22.8 Å². The van der Waals surface area contributed by atoms with E-state index in [2.05, 4.69) is 30.6 Å². The van der Waals surface area contributed by atoms with Crippen LogP contribution in [0, 0.1) is 6.92 Å². The number of H-pyrrole nitrogens is 1.